The van der Waals surface area contributed by atoms with Gasteiger partial charge >= 0.3 is 0 Å². The third kappa shape index (κ3) is 2.90. The van der Waals surface area contributed by atoms with E-state index >= 15 is 0 Å². The Bertz CT molecular complexity index is 926. The number of fused-ring (bicyclic) bond motifs is 1. The molecule has 7 nitrogen and oxygen atoms in total. The SMILES string of the molecule is CC(C1CC1)n1ncc2c(C(=O)NS(C)(=O)=O)cc(C3CC3)nc21. The predicted molar refractivity (Wildman–Crippen MR) is 89.2 cm³/mol. The number of carbonyl (C=O) groups is 1. The summed E-state index contributed by atoms with van der Waals surface area (Å²) in [4.78, 5) is 17.2. The number of hydrogen-bond donors (Lipinski definition) is 1. The van der Waals surface area contributed by atoms with Gasteiger partial charge in [-0.05, 0) is 44.6 Å². The maximum atomic E-state index is 12.4. The van der Waals surface area contributed by atoms with Crippen molar-refractivity contribution in [2.45, 2.75) is 44.6 Å². The van der Waals surface area contributed by atoms with E-state index in [1.54, 1.807) is 12.3 Å². The zero-order chi connectivity index (χ0) is 17.1. The van der Waals surface area contributed by atoms with E-state index in [4.69, 9.17) is 4.98 Å². The standard InChI is InChI=1S/C16H20N4O3S/c1-9(10-3-4-10)20-15-13(8-17-20)12(16(21)19-24(2,22)23)7-14(18-15)11-5-6-11/h7-11H,3-6H2,1-2H3,(H,19,21). The van der Waals surface area contributed by atoms with Crippen LogP contribution in [0.3, 0.4) is 0 Å². The Kier molecular flexibility index (Phi) is 3.42. The summed E-state index contributed by atoms with van der Waals surface area (Å²) in [5.74, 6) is 0.344. The second-order valence-electron chi connectivity index (χ2n) is 6.98. The monoisotopic (exact) mass is 348 g/mol. The zero-order valence-electron chi connectivity index (χ0n) is 13.7. The minimum atomic E-state index is -3.62. The molecule has 2 aliphatic rings. The molecule has 4 rings (SSSR count). The van der Waals surface area contributed by atoms with Crippen LogP contribution in [0.25, 0.3) is 11.0 Å². The quantitative estimate of drug-likeness (QED) is 0.891. The first-order chi connectivity index (χ1) is 11.3. The normalized spacial score (nSPS) is 19.4. The van der Waals surface area contributed by atoms with Gasteiger partial charge in [0.05, 0.1) is 29.4 Å². The van der Waals surface area contributed by atoms with Crippen LogP contribution in [-0.2, 0) is 10.0 Å². The van der Waals surface area contributed by atoms with Gasteiger partial charge in [0.25, 0.3) is 5.91 Å². The fraction of sp³-hybridized carbons (Fsp3) is 0.562. The molecule has 1 amide bonds. The molecule has 8 heteroatoms. The van der Waals surface area contributed by atoms with E-state index in [2.05, 4.69) is 16.7 Å². The Morgan fingerprint density at radius 2 is 2.04 bits per heavy atom. The molecule has 1 N–H and O–H groups in total. The van der Waals surface area contributed by atoms with Gasteiger partial charge in [0.1, 0.15) is 0 Å². The number of amides is 1. The van der Waals surface area contributed by atoms with Crippen LogP contribution in [0, 0.1) is 5.92 Å². The molecule has 0 spiro atoms. The Morgan fingerprint density at radius 1 is 1.33 bits per heavy atom. The molecule has 128 valence electrons. The topological polar surface area (TPSA) is 94.0 Å². The molecule has 2 fully saturated rings. The molecule has 2 saturated carbocycles. The Labute approximate surface area is 140 Å². The number of hydrogen-bond acceptors (Lipinski definition) is 5. The minimum absolute atomic E-state index is 0.232. The molecule has 0 saturated heterocycles. The summed E-state index contributed by atoms with van der Waals surface area (Å²) in [6, 6.07) is 1.95. The lowest BCUT2D eigenvalue weighted by atomic mass is 10.1. The molecule has 0 aromatic carbocycles. The van der Waals surface area contributed by atoms with Gasteiger partial charge in [0, 0.05) is 11.6 Å². The predicted octanol–water partition coefficient (Wildman–Crippen LogP) is 1.97. The van der Waals surface area contributed by atoms with Crippen molar-refractivity contribution in [1.29, 1.82) is 0 Å². The third-order valence-corrected chi connectivity index (χ3v) is 5.35. The van der Waals surface area contributed by atoms with Crippen molar-refractivity contribution in [1.82, 2.24) is 19.5 Å². The summed E-state index contributed by atoms with van der Waals surface area (Å²) in [5, 5.41) is 5.05. The highest BCUT2D eigenvalue weighted by Crippen LogP contribution is 2.42. The lowest BCUT2D eigenvalue weighted by molar-refractivity contribution is 0.0983. The van der Waals surface area contributed by atoms with Crippen molar-refractivity contribution < 1.29 is 13.2 Å². The van der Waals surface area contributed by atoms with E-state index in [0.29, 0.717) is 28.4 Å². The van der Waals surface area contributed by atoms with Crippen LogP contribution in [-0.4, -0.2) is 35.3 Å². The number of nitrogens with zero attached hydrogens (tertiary/aromatic N) is 3. The van der Waals surface area contributed by atoms with Crippen molar-refractivity contribution in [3.8, 4) is 0 Å². The summed E-state index contributed by atoms with van der Waals surface area (Å²) < 4.78 is 26.8. The van der Waals surface area contributed by atoms with Gasteiger partial charge in [-0.1, -0.05) is 0 Å². The average Bonchev–Trinajstić information content (AvgIpc) is 3.39. The van der Waals surface area contributed by atoms with Gasteiger partial charge in [0.15, 0.2) is 5.65 Å². The highest BCUT2D eigenvalue weighted by molar-refractivity contribution is 7.89. The van der Waals surface area contributed by atoms with Gasteiger partial charge in [-0.25, -0.2) is 22.8 Å². The summed E-state index contributed by atoms with van der Waals surface area (Å²) in [6.45, 7) is 2.12. The molecule has 1 unspecified atom stereocenters. The van der Waals surface area contributed by atoms with Crippen LogP contribution >= 0.6 is 0 Å². The smallest absolute Gasteiger partial charge is 0.265 e. The first kappa shape index (κ1) is 15.6. The van der Waals surface area contributed by atoms with Gasteiger partial charge in [0.2, 0.25) is 10.0 Å². The van der Waals surface area contributed by atoms with Crippen LogP contribution < -0.4 is 4.72 Å². The summed E-state index contributed by atoms with van der Waals surface area (Å²) >= 11 is 0. The van der Waals surface area contributed by atoms with Crippen LogP contribution in [0.5, 0.6) is 0 Å². The van der Waals surface area contributed by atoms with E-state index in [-0.39, 0.29) is 6.04 Å². The highest BCUT2D eigenvalue weighted by Gasteiger charge is 2.33. The third-order valence-electron chi connectivity index (χ3n) is 4.79. The van der Waals surface area contributed by atoms with E-state index in [1.165, 1.54) is 12.8 Å². The first-order valence-electron chi connectivity index (χ1n) is 8.24. The van der Waals surface area contributed by atoms with Crippen molar-refractivity contribution in [2.24, 2.45) is 5.92 Å². The molecule has 2 heterocycles. The first-order valence-corrected chi connectivity index (χ1v) is 10.1. The lowest BCUT2D eigenvalue weighted by Crippen LogP contribution is -2.29. The second-order valence-corrected chi connectivity index (χ2v) is 8.73. The number of nitrogens with one attached hydrogen (secondary N) is 1. The fourth-order valence-corrected chi connectivity index (χ4v) is 3.56. The molecule has 2 aliphatic carbocycles. The van der Waals surface area contributed by atoms with E-state index in [1.807, 2.05) is 4.68 Å². The van der Waals surface area contributed by atoms with Crippen molar-refractivity contribution in [2.75, 3.05) is 6.26 Å². The molecular formula is C16H20N4O3S. The van der Waals surface area contributed by atoms with Crippen LogP contribution in [0.1, 0.15) is 60.6 Å². The molecule has 24 heavy (non-hydrogen) atoms. The molecule has 2 aromatic rings. The maximum absolute atomic E-state index is 12.4. The minimum Gasteiger partial charge on any atom is -0.268 e. The molecule has 1 atom stereocenters. The number of carbonyl (C=O) groups excluding carboxylic acids is 1. The Hall–Kier alpha value is -1.96. The summed E-state index contributed by atoms with van der Waals surface area (Å²) in [7, 11) is -3.62. The second kappa shape index (κ2) is 5.27. The van der Waals surface area contributed by atoms with E-state index in [9.17, 15) is 13.2 Å². The van der Waals surface area contributed by atoms with Gasteiger partial charge in [-0.15, -0.1) is 0 Å². The number of aromatic nitrogens is 3. The molecular weight excluding hydrogens is 328 g/mol. The zero-order valence-corrected chi connectivity index (χ0v) is 14.5. The van der Waals surface area contributed by atoms with Crippen LogP contribution in [0.4, 0.5) is 0 Å². The van der Waals surface area contributed by atoms with Crippen LogP contribution in [0.15, 0.2) is 12.3 Å². The number of sulfonamides is 1. The van der Waals surface area contributed by atoms with Crippen molar-refractivity contribution >= 4 is 27.0 Å². The maximum Gasteiger partial charge on any atom is 0.265 e. The molecule has 0 aliphatic heterocycles. The van der Waals surface area contributed by atoms with E-state index in [0.717, 1.165) is 24.8 Å². The van der Waals surface area contributed by atoms with Gasteiger partial charge in [-0.2, -0.15) is 5.10 Å². The number of pyridine rings is 1. The van der Waals surface area contributed by atoms with E-state index < -0.39 is 15.9 Å². The molecule has 0 radical (unpaired) electrons. The summed E-state index contributed by atoms with van der Waals surface area (Å²) in [6.07, 6.45) is 7.08. The lowest BCUT2D eigenvalue weighted by Gasteiger charge is -2.13. The molecule has 0 bridgehead atoms. The number of rotatable bonds is 5. The largest absolute Gasteiger partial charge is 0.268 e. The Morgan fingerprint density at radius 3 is 2.62 bits per heavy atom. The highest BCUT2D eigenvalue weighted by atomic mass is 32.2. The average molecular weight is 348 g/mol. The Balaban J connectivity index is 1.84. The van der Waals surface area contributed by atoms with Crippen molar-refractivity contribution in [3.05, 3.63) is 23.5 Å². The van der Waals surface area contributed by atoms with Gasteiger partial charge in [-0.3, -0.25) is 4.79 Å². The van der Waals surface area contributed by atoms with Crippen molar-refractivity contribution in [3.63, 3.8) is 0 Å². The van der Waals surface area contributed by atoms with Gasteiger partial charge < -0.3 is 0 Å². The fourth-order valence-electron chi connectivity index (χ4n) is 3.11. The summed E-state index contributed by atoms with van der Waals surface area (Å²) in [5.41, 5.74) is 1.87. The molecule has 2 aromatic heterocycles. The van der Waals surface area contributed by atoms with Crippen LogP contribution in [0.2, 0.25) is 0 Å².